The number of alkyl halides is 1. The van der Waals surface area contributed by atoms with E-state index in [1.807, 2.05) is 6.92 Å². The van der Waals surface area contributed by atoms with Gasteiger partial charge in [0.1, 0.15) is 5.78 Å². The molecule has 4 aliphatic rings. The molecule has 0 N–H and O–H groups in total. The first-order chi connectivity index (χ1) is 10.4. The van der Waals surface area contributed by atoms with Crippen LogP contribution in [0.15, 0.2) is 0 Å². The number of fused-ring (bicyclic) bond motifs is 5. The number of halogens is 1. The average molecular weight is 306 g/mol. The molecule has 0 aliphatic heterocycles. The molecule has 122 valence electrons. The van der Waals surface area contributed by atoms with Crippen molar-refractivity contribution in [1.82, 2.24) is 0 Å². The lowest BCUT2D eigenvalue weighted by Crippen LogP contribution is -2.53. The monoisotopic (exact) mass is 306 g/mol. The molecule has 0 bridgehead atoms. The number of ketones is 2. The lowest BCUT2D eigenvalue weighted by molar-refractivity contribution is -0.144. The first kappa shape index (κ1) is 14.8. The molecule has 0 aromatic rings. The summed E-state index contributed by atoms with van der Waals surface area (Å²) in [5.74, 6) is 2.17. The zero-order valence-electron chi connectivity index (χ0n) is 13.7. The smallest absolute Gasteiger partial charge is 0.173 e. The van der Waals surface area contributed by atoms with Gasteiger partial charge in [0.15, 0.2) is 12.0 Å². The zero-order valence-corrected chi connectivity index (χ0v) is 13.7. The second-order valence-corrected chi connectivity index (χ2v) is 8.92. The van der Waals surface area contributed by atoms with E-state index in [0.29, 0.717) is 30.0 Å². The van der Waals surface area contributed by atoms with Gasteiger partial charge in [0.2, 0.25) is 0 Å². The van der Waals surface area contributed by atoms with Gasteiger partial charge in [0, 0.05) is 18.3 Å². The van der Waals surface area contributed by atoms with Crippen LogP contribution in [0.1, 0.15) is 65.2 Å². The first-order valence-corrected chi connectivity index (χ1v) is 9.06. The second kappa shape index (κ2) is 4.64. The topological polar surface area (TPSA) is 34.1 Å². The summed E-state index contributed by atoms with van der Waals surface area (Å²) in [7, 11) is 0. The van der Waals surface area contributed by atoms with Gasteiger partial charge in [-0.2, -0.15) is 0 Å². The molecule has 0 heterocycles. The van der Waals surface area contributed by atoms with Crippen LogP contribution in [-0.4, -0.2) is 17.7 Å². The largest absolute Gasteiger partial charge is 0.300 e. The van der Waals surface area contributed by atoms with Crippen LogP contribution in [0.4, 0.5) is 4.39 Å². The van der Waals surface area contributed by atoms with Gasteiger partial charge in [-0.3, -0.25) is 9.59 Å². The summed E-state index contributed by atoms with van der Waals surface area (Å²) < 4.78 is 14.1. The fourth-order valence-corrected chi connectivity index (χ4v) is 6.79. The molecule has 4 fully saturated rings. The van der Waals surface area contributed by atoms with E-state index in [2.05, 4.69) is 6.92 Å². The summed E-state index contributed by atoms with van der Waals surface area (Å²) in [4.78, 5) is 24.2. The first-order valence-electron chi connectivity index (χ1n) is 9.06. The van der Waals surface area contributed by atoms with E-state index in [-0.39, 0.29) is 17.1 Å². The maximum Gasteiger partial charge on any atom is 0.173 e. The summed E-state index contributed by atoms with van der Waals surface area (Å²) in [5.41, 5.74) is -0.163. The minimum absolute atomic E-state index is 0.123. The third-order valence-corrected chi connectivity index (χ3v) is 8.18. The van der Waals surface area contributed by atoms with Crippen molar-refractivity contribution in [1.29, 1.82) is 0 Å². The molecule has 0 amide bonds. The van der Waals surface area contributed by atoms with Crippen molar-refractivity contribution < 1.29 is 14.0 Å². The minimum atomic E-state index is -1.23. The van der Waals surface area contributed by atoms with Crippen molar-refractivity contribution in [3.05, 3.63) is 0 Å². The summed E-state index contributed by atoms with van der Waals surface area (Å²) in [6.45, 7) is 4.40. The lowest BCUT2D eigenvalue weighted by atomic mass is 9.45. The van der Waals surface area contributed by atoms with Crippen LogP contribution in [0.3, 0.4) is 0 Å². The van der Waals surface area contributed by atoms with E-state index in [4.69, 9.17) is 0 Å². The van der Waals surface area contributed by atoms with Crippen LogP contribution < -0.4 is 0 Å². The Morgan fingerprint density at radius 2 is 1.82 bits per heavy atom. The molecule has 4 rings (SSSR count). The fourth-order valence-electron chi connectivity index (χ4n) is 6.79. The molecule has 0 saturated heterocycles. The molecular formula is C19H27FO2. The van der Waals surface area contributed by atoms with Crippen LogP contribution in [0.2, 0.25) is 0 Å². The molecule has 0 unspecified atom stereocenters. The molecule has 2 nitrogen and oxygen atoms in total. The molecule has 4 aliphatic carbocycles. The van der Waals surface area contributed by atoms with Crippen LogP contribution >= 0.6 is 0 Å². The highest BCUT2D eigenvalue weighted by molar-refractivity contribution is 5.91. The standard InChI is InChI=1S/C19H27FO2/c1-18-7-5-12(21)9-11(18)3-4-13-14(18)6-8-19(2)15(13)10-16(20)17(19)22/h11,13-16H,3-10H2,1-2H3/t11-,13+,14-,15-,16+,18-,19-/m0/s1. The predicted molar refractivity (Wildman–Crippen MR) is 82.0 cm³/mol. The van der Waals surface area contributed by atoms with Gasteiger partial charge >= 0.3 is 0 Å². The SMILES string of the molecule is C[C@]12CCC(=O)C[C@@H]1CC[C@@H]1[C@@H]2CC[C@]2(C)C(=O)[C@H](F)C[C@@H]12. The molecule has 0 aromatic carbocycles. The van der Waals surface area contributed by atoms with E-state index in [1.54, 1.807) is 0 Å². The number of rotatable bonds is 0. The second-order valence-electron chi connectivity index (χ2n) is 8.92. The summed E-state index contributed by atoms with van der Waals surface area (Å²) in [6, 6.07) is 0. The highest BCUT2D eigenvalue weighted by atomic mass is 19.1. The maximum absolute atomic E-state index is 14.1. The van der Waals surface area contributed by atoms with Crippen LogP contribution in [0.25, 0.3) is 0 Å². The number of carbonyl (C=O) groups is 2. The Bertz CT molecular complexity index is 530. The number of hydrogen-bond acceptors (Lipinski definition) is 2. The van der Waals surface area contributed by atoms with Gasteiger partial charge in [0.05, 0.1) is 0 Å². The van der Waals surface area contributed by atoms with Gasteiger partial charge in [-0.25, -0.2) is 4.39 Å². The van der Waals surface area contributed by atoms with E-state index in [0.717, 1.165) is 44.9 Å². The van der Waals surface area contributed by atoms with E-state index in [1.165, 1.54) is 0 Å². The number of Topliss-reactive ketones (excluding diaryl/α,β-unsaturated/α-hetero) is 2. The van der Waals surface area contributed by atoms with Gasteiger partial charge in [0.25, 0.3) is 0 Å². The van der Waals surface area contributed by atoms with Gasteiger partial charge < -0.3 is 0 Å². The van der Waals surface area contributed by atoms with Gasteiger partial charge in [-0.15, -0.1) is 0 Å². The Kier molecular flexibility index (Phi) is 3.13. The minimum Gasteiger partial charge on any atom is -0.300 e. The molecular weight excluding hydrogens is 279 g/mol. The Morgan fingerprint density at radius 3 is 2.59 bits per heavy atom. The van der Waals surface area contributed by atoms with Crippen molar-refractivity contribution in [3.63, 3.8) is 0 Å². The average Bonchev–Trinajstić information content (AvgIpc) is 2.72. The highest BCUT2D eigenvalue weighted by Gasteiger charge is 2.62. The van der Waals surface area contributed by atoms with E-state index in [9.17, 15) is 14.0 Å². The fraction of sp³-hybridized carbons (Fsp3) is 0.895. The molecule has 4 saturated carbocycles. The Labute approximate surface area is 132 Å². The van der Waals surface area contributed by atoms with Gasteiger partial charge in [-0.05, 0) is 67.6 Å². The molecule has 0 radical (unpaired) electrons. The van der Waals surface area contributed by atoms with Gasteiger partial charge in [-0.1, -0.05) is 13.8 Å². The molecule has 0 spiro atoms. The van der Waals surface area contributed by atoms with Crippen LogP contribution in [-0.2, 0) is 9.59 Å². The predicted octanol–water partition coefficient (Wildman–Crippen LogP) is 4.12. The lowest BCUT2D eigenvalue weighted by Gasteiger charge is -2.59. The molecule has 7 atom stereocenters. The molecule has 3 heteroatoms. The van der Waals surface area contributed by atoms with Crippen molar-refractivity contribution in [3.8, 4) is 0 Å². The molecule has 0 aromatic heterocycles. The van der Waals surface area contributed by atoms with Crippen molar-refractivity contribution >= 4 is 11.6 Å². The maximum atomic E-state index is 14.1. The normalized spacial score (nSPS) is 54.6. The third-order valence-electron chi connectivity index (χ3n) is 8.18. The van der Waals surface area contributed by atoms with E-state index >= 15 is 0 Å². The summed E-state index contributed by atoms with van der Waals surface area (Å²) >= 11 is 0. The Hall–Kier alpha value is -0.730. The van der Waals surface area contributed by atoms with Crippen molar-refractivity contribution in [2.45, 2.75) is 71.4 Å². The van der Waals surface area contributed by atoms with Crippen LogP contribution in [0.5, 0.6) is 0 Å². The third kappa shape index (κ3) is 1.77. The Morgan fingerprint density at radius 1 is 1.05 bits per heavy atom. The summed E-state index contributed by atoms with van der Waals surface area (Å²) in [6.07, 6.45) is 5.82. The molecule has 22 heavy (non-hydrogen) atoms. The van der Waals surface area contributed by atoms with Crippen LogP contribution in [0, 0.1) is 34.5 Å². The number of hydrogen-bond donors (Lipinski definition) is 0. The highest BCUT2D eigenvalue weighted by Crippen LogP contribution is 2.65. The number of carbonyl (C=O) groups excluding carboxylic acids is 2. The van der Waals surface area contributed by atoms with Crippen molar-refractivity contribution in [2.75, 3.05) is 0 Å². The van der Waals surface area contributed by atoms with E-state index < -0.39 is 11.6 Å². The quantitative estimate of drug-likeness (QED) is 0.675. The zero-order chi connectivity index (χ0) is 15.7. The Balaban J connectivity index is 1.66. The summed E-state index contributed by atoms with van der Waals surface area (Å²) in [5, 5.41) is 0. The van der Waals surface area contributed by atoms with Crippen molar-refractivity contribution in [2.24, 2.45) is 34.5 Å².